The van der Waals surface area contributed by atoms with Crippen molar-refractivity contribution in [2.24, 2.45) is 0 Å². The number of esters is 1. The summed E-state index contributed by atoms with van der Waals surface area (Å²) >= 11 is 1.05. The van der Waals surface area contributed by atoms with E-state index in [1.807, 2.05) is 30.3 Å². The molecule has 0 aliphatic carbocycles. The molecule has 0 unspecified atom stereocenters. The Labute approximate surface area is 162 Å². The molecule has 146 valence electrons. The van der Waals surface area contributed by atoms with Crippen LogP contribution in [0.1, 0.15) is 25.8 Å². The lowest BCUT2D eigenvalue weighted by Gasteiger charge is -2.21. The van der Waals surface area contributed by atoms with E-state index >= 15 is 0 Å². The molecule has 0 saturated carbocycles. The lowest BCUT2D eigenvalue weighted by molar-refractivity contribution is -0.140. The molecule has 8 nitrogen and oxygen atoms in total. The first kappa shape index (κ1) is 20.8. The number of thioether (sulfide) groups is 1. The van der Waals surface area contributed by atoms with Crippen LogP contribution in [0.2, 0.25) is 0 Å². The highest BCUT2D eigenvalue weighted by atomic mass is 32.2. The Morgan fingerprint density at radius 1 is 1.22 bits per heavy atom. The topological polar surface area (TPSA) is 105 Å². The van der Waals surface area contributed by atoms with Gasteiger partial charge in [0.05, 0.1) is 18.1 Å². The van der Waals surface area contributed by atoms with Crippen molar-refractivity contribution in [3.05, 3.63) is 35.9 Å². The number of nitrogens with one attached hydrogen (secondary N) is 2. The minimum Gasteiger partial charge on any atom is -0.465 e. The molecule has 1 aliphatic heterocycles. The van der Waals surface area contributed by atoms with Crippen molar-refractivity contribution < 1.29 is 23.9 Å². The average Bonchev–Trinajstić information content (AvgIpc) is 2.85. The molecule has 1 fully saturated rings. The van der Waals surface area contributed by atoms with Gasteiger partial charge in [-0.05, 0) is 32.3 Å². The summed E-state index contributed by atoms with van der Waals surface area (Å²) in [6.07, 6.45) is 1.02. The van der Waals surface area contributed by atoms with Gasteiger partial charge in [0.25, 0.3) is 5.91 Å². The highest BCUT2D eigenvalue weighted by molar-refractivity contribution is 8.00. The second kappa shape index (κ2) is 9.40. The molecule has 1 saturated heterocycles. The monoisotopic (exact) mass is 393 g/mol. The molecule has 1 aromatic carbocycles. The van der Waals surface area contributed by atoms with Gasteiger partial charge in [0, 0.05) is 0 Å². The number of hydrogen-bond acceptors (Lipinski definition) is 6. The predicted octanol–water partition coefficient (Wildman–Crippen LogP) is 1.26. The molecule has 9 heteroatoms. The van der Waals surface area contributed by atoms with Gasteiger partial charge in [-0.15, -0.1) is 11.8 Å². The lowest BCUT2D eigenvalue weighted by atomic mass is 9.93. The highest BCUT2D eigenvalue weighted by Gasteiger charge is 2.48. The first-order valence-electron chi connectivity index (χ1n) is 8.59. The fraction of sp³-hybridized carbons (Fsp3) is 0.444. The van der Waals surface area contributed by atoms with Crippen LogP contribution in [-0.4, -0.2) is 52.5 Å². The number of imide groups is 1. The Hall–Kier alpha value is -2.55. The van der Waals surface area contributed by atoms with Crippen LogP contribution in [0.4, 0.5) is 4.79 Å². The summed E-state index contributed by atoms with van der Waals surface area (Å²) in [5.41, 5.74) is 2.27. The number of aryl methyl sites for hydroxylation is 1. The number of amides is 4. The van der Waals surface area contributed by atoms with Crippen molar-refractivity contribution >= 4 is 35.6 Å². The van der Waals surface area contributed by atoms with Gasteiger partial charge in [0.2, 0.25) is 5.91 Å². The van der Waals surface area contributed by atoms with Crippen LogP contribution < -0.4 is 10.7 Å². The fourth-order valence-corrected chi connectivity index (χ4v) is 3.18. The zero-order valence-electron chi connectivity index (χ0n) is 15.3. The van der Waals surface area contributed by atoms with Crippen molar-refractivity contribution in [2.75, 3.05) is 18.1 Å². The molecule has 2 rings (SSSR count). The predicted molar refractivity (Wildman–Crippen MR) is 101 cm³/mol. The molecule has 2 N–H and O–H groups in total. The number of hydrogen-bond donors (Lipinski definition) is 2. The second-order valence-corrected chi connectivity index (χ2v) is 7.21. The maximum absolute atomic E-state index is 12.6. The molecule has 1 aliphatic rings. The van der Waals surface area contributed by atoms with Crippen LogP contribution in [0.3, 0.4) is 0 Å². The first-order chi connectivity index (χ1) is 12.9. The molecule has 0 spiro atoms. The number of nitrogens with zero attached hydrogens (tertiary/aromatic N) is 1. The highest BCUT2D eigenvalue weighted by Crippen LogP contribution is 2.22. The van der Waals surface area contributed by atoms with Gasteiger partial charge in [-0.25, -0.2) is 4.79 Å². The third kappa shape index (κ3) is 5.72. The van der Waals surface area contributed by atoms with Crippen molar-refractivity contribution in [2.45, 2.75) is 32.2 Å². The minimum atomic E-state index is -1.09. The number of hydrazine groups is 1. The summed E-state index contributed by atoms with van der Waals surface area (Å²) in [6.45, 7) is 3.61. The molecule has 0 bridgehead atoms. The summed E-state index contributed by atoms with van der Waals surface area (Å²) in [5.74, 6) is -1.52. The number of carbonyl (C=O) groups excluding carboxylic acids is 4. The molecule has 0 radical (unpaired) electrons. The Bertz CT molecular complexity index is 712. The van der Waals surface area contributed by atoms with E-state index in [0.29, 0.717) is 17.9 Å². The van der Waals surface area contributed by atoms with E-state index < -0.39 is 29.4 Å². The molecule has 1 atom stereocenters. The maximum Gasteiger partial charge on any atom is 0.344 e. The zero-order valence-corrected chi connectivity index (χ0v) is 16.1. The van der Waals surface area contributed by atoms with E-state index in [4.69, 9.17) is 4.74 Å². The Balaban J connectivity index is 1.85. The van der Waals surface area contributed by atoms with Gasteiger partial charge in [-0.2, -0.15) is 5.01 Å². The van der Waals surface area contributed by atoms with Gasteiger partial charge in [0.15, 0.2) is 0 Å². The van der Waals surface area contributed by atoms with Crippen molar-refractivity contribution in [3.63, 3.8) is 0 Å². The summed E-state index contributed by atoms with van der Waals surface area (Å²) in [5, 5.41) is 3.35. The number of urea groups is 1. The van der Waals surface area contributed by atoms with Crippen LogP contribution in [0.25, 0.3) is 0 Å². The van der Waals surface area contributed by atoms with E-state index in [2.05, 4.69) is 10.7 Å². The van der Waals surface area contributed by atoms with Crippen molar-refractivity contribution in [1.29, 1.82) is 0 Å². The van der Waals surface area contributed by atoms with Gasteiger partial charge >= 0.3 is 12.0 Å². The first-order valence-corrected chi connectivity index (χ1v) is 9.74. The van der Waals surface area contributed by atoms with Crippen molar-refractivity contribution in [3.8, 4) is 0 Å². The van der Waals surface area contributed by atoms with E-state index in [1.165, 1.54) is 0 Å². The summed E-state index contributed by atoms with van der Waals surface area (Å²) in [6, 6.07) is 8.96. The van der Waals surface area contributed by atoms with E-state index in [1.54, 1.807) is 13.8 Å². The molecule has 0 aromatic heterocycles. The molecular formula is C18H23N3O5S. The van der Waals surface area contributed by atoms with E-state index in [9.17, 15) is 19.2 Å². The van der Waals surface area contributed by atoms with E-state index in [0.717, 1.165) is 17.3 Å². The molecule has 4 amide bonds. The lowest BCUT2D eigenvalue weighted by Crippen LogP contribution is -2.49. The SMILES string of the molecule is CCOC(=O)CSCC(=O)NN1C(=O)N[C@@](C)(CCc2ccccc2)C1=O. The largest absolute Gasteiger partial charge is 0.465 e. The van der Waals surface area contributed by atoms with Crippen LogP contribution in [0.5, 0.6) is 0 Å². The molecule has 1 heterocycles. The van der Waals surface area contributed by atoms with E-state index in [-0.39, 0.29) is 18.1 Å². The second-order valence-electron chi connectivity index (χ2n) is 6.22. The normalized spacial score (nSPS) is 19.0. The van der Waals surface area contributed by atoms with Crippen molar-refractivity contribution in [1.82, 2.24) is 15.8 Å². The standard InChI is InChI=1S/C18H23N3O5S/c1-3-26-15(23)12-27-11-14(22)20-21-16(24)18(2,19-17(21)25)10-9-13-7-5-4-6-8-13/h4-8H,3,9-12H2,1-2H3,(H,19,25)(H,20,22)/t18-/m0/s1. The smallest absolute Gasteiger partial charge is 0.344 e. The van der Waals surface area contributed by atoms with Crippen LogP contribution in [-0.2, 0) is 25.5 Å². The Kier molecular flexibility index (Phi) is 7.23. The van der Waals surface area contributed by atoms with Gasteiger partial charge in [-0.3, -0.25) is 19.8 Å². The number of benzene rings is 1. The minimum absolute atomic E-state index is 0.0240. The van der Waals surface area contributed by atoms with Gasteiger partial charge in [0.1, 0.15) is 5.54 Å². The third-order valence-corrected chi connectivity index (χ3v) is 4.92. The molecule has 27 heavy (non-hydrogen) atoms. The summed E-state index contributed by atoms with van der Waals surface area (Å²) < 4.78 is 4.76. The Morgan fingerprint density at radius 3 is 2.59 bits per heavy atom. The quantitative estimate of drug-likeness (QED) is 0.483. The average molecular weight is 393 g/mol. The van der Waals surface area contributed by atoms with Gasteiger partial charge < -0.3 is 10.1 Å². The van der Waals surface area contributed by atoms with Gasteiger partial charge in [-0.1, -0.05) is 30.3 Å². The summed E-state index contributed by atoms with van der Waals surface area (Å²) in [7, 11) is 0. The molecular weight excluding hydrogens is 370 g/mol. The number of ether oxygens (including phenoxy) is 1. The number of carbonyl (C=O) groups is 4. The summed E-state index contributed by atoms with van der Waals surface area (Å²) in [4.78, 5) is 47.9. The number of rotatable bonds is 9. The van der Waals surface area contributed by atoms with Crippen LogP contribution in [0.15, 0.2) is 30.3 Å². The maximum atomic E-state index is 12.6. The zero-order chi connectivity index (χ0) is 19.9. The molecule has 1 aromatic rings. The van der Waals surface area contributed by atoms with Crippen LogP contribution >= 0.6 is 11.8 Å². The van der Waals surface area contributed by atoms with Crippen LogP contribution in [0, 0.1) is 0 Å². The third-order valence-electron chi connectivity index (χ3n) is 4.01. The Morgan fingerprint density at radius 2 is 1.93 bits per heavy atom. The fourth-order valence-electron chi connectivity index (χ4n) is 2.58.